The Bertz CT molecular complexity index is 156. The van der Waals surface area contributed by atoms with E-state index in [1.54, 1.807) is 11.3 Å². The third-order valence-electron chi connectivity index (χ3n) is 1.16. The summed E-state index contributed by atoms with van der Waals surface area (Å²) in [4.78, 5) is 4.03. The molecule has 0 aromatic carbocycles. The molecule has 0 saturated heterocycles. The topological polar surface area (TPSA) is 53.6 Å². The van der Waals surface area contributed by atoms with Crippen molar-refractivity contribution in [2.75, 3.05) is 13.1 Å². The molecule has 0 aliphatic carbocycles. The van der Waals surface area contributed by atoms with Gasteiger partial charge in [0.15, 0.2) is 5.11 Å². The molecule has 0 unspecified atom stereocenters. The van der Waals surface area contributed by atoms with E-state index < -0.39 is 0 Å². The van der Waals surface area contributed by atoms with Crippen LogP contribution >= 0.6 is 12.2 Å². The molecule has 0 spiro atoms. The molecule has 1 aliphatic heterocycles. The van der Waals surface area contributed by atoms with Gasteiger partial charge in [0.25, 0.3) is 0 Å². The average Bonchev–Trinajstić information content (AvgIpc) is 1.88. The summed E-state index contributed by atoms with van der Waals surface area (Å²) in [7, 11) is 0. The molecule has 0 fully saturated rings. The Morgan fingerprint density at radius 1 is 1.80 bits per heavy atom. The van der Waals surface area contributed by atoms with Crippen LogP contribution in [-0.4, -0.2) is 29.5 Å². The monoisotopic (exact) mass is 158 g/mol. The molecule has 1 aliphatic rings. The molecular weight excluding hydrogens is 148 g/mol. The highest BCUT2D eigenvalue weighted by atomic mass is 32.1. The van der Waals surface area contributed by atoms with Gasteiger partial charge >= 0.3 is 0 Å². The molecule has 0 bridgehead atoms. The lowest BCUT2D eigenvalue weighted by Gasteiger charge is -2.22. The van der Waals surface area contributed by atoms with Gasteiger partial charge in [-0.1, -0.05) is 0 Å². The maximum atomic E-state index is 5.24. The van der Waals surface area contributed by atoms with Gasteiger partial charge in [0, 0.05) is 13.1 Å². The van der Waals surface area contributed by atoms with E-state index in [2.05, 4.69) is 22.6 Å². The fourth-order valence-electron chi connectivity index (χ4n) is 0.773. The molecule has 1 rings (SSSR count). The Balaban J connectivity index is 2.33. The molecule has 5 heteroatoms. The normalized spacial score (nSPS) is 17.0. The van der Waals surface area contributed by atoms with Gasteiger partial charge in [-0.25, -0.2) is 0 Å². The molecule has 3 N–H and O–H groups in total. The van der Waals surface area contributed by atoms with E-state index in [0.717, 1.165) is 19.5 Å². The zero-order chi connectivity index (χ0) is 7.40. The fraction of sp³-hybridized carbons (Fsp3) is 0.600. The lowest BCUT2D eigenvalue weighted by atomic mass is 10.4. The van der Waals surface area contributed by atoms with Gasteiger partial charge in [-0.2, -0.15) is 0 Å². The average molecular weight is 158 g/mol. The molecule has 0 aromatic rings. The highest BCUT2D eigenvalue weighted by Crippen LogP contribution is 1.91. The molecule has 0 radical (unpaired) electrons. The first-order chi connectivity index (χ1) is 4.79. The van der Waals surface area contributed by atoms with Gasteiger partial charge in [0.05, 0.1) is 0 Å². The quantitative estimate of drug-likeness (QED) is 0.504. The van der Waals surface area contributed by atoms with Crippen molar-refractivity contribution in [3.8, 4) is 0 Å². The first-order valence-electron chi connectivity index (χ1n) is 3.12. The molecule has 0 saturated carbocycles. The zero-order valence-electron chi connectivity index (χ0n) is 5.58. The summed E-state index contributed by atoms with van der Waals surface area (Å²) in [5.74, 6) is 0. The first kappa shape index (κ1) is 7.27. The van der Waals surface area contributed by atoms with Crippen molar-refractivity contribution in [2.45, 2.75) is 6.42 Å². The second-order valence-electron chi connectivity index (χ2n) is 2.04. The van der Waals surface area contributed by atoms with E-state index in [4.69, 9.17) is 5.73 Å². The molecule has 0 aromatic heterocycles. The third kappa shape index (κ3) is 2.18. The van der Waals surface area contributed by atoms with Crippen LogP contribution in [-0.2, 0) is 0 Å². The number of nitrogens with zero attached hydrogens (tertiary/aromatic N) is 2. The number of rotatable bonds is 1. The van der Waals surface area contributed by atoms with Crippen molar-refractivity contribution in [3.63, 3.8) is 0 Å². The number of nitrogens with one attached hydrogen (secondary N) is 1. The second kappa shape index (κ2) is 3.36. The first-order valence-corrected chi connectivity index (χ1v) is 3.52. The molecule has 0 atom stereocenters. The minimum absolute atomic E-state index is 0.286. The maximum Gasteiger partial charge on any atom is 0.182 e. The van der Waals surface area contributed by atoms with Crippen LogP contribution in [0, 0.1) is 0 Å². The number of hydrogen-bond acceptors (Lipinski definition) is 3. The van der Waals surface area contributed by atoms with Crippen LogP contribution < -0.4 is 11.2 Å². The Kier molecular flexibility index (Phi) is 2.44. The molecule has 0 amide bonds. The van der Waals surface area contributed by atoms with Crippen LogP contribution in [0.2, 0.25) is 0 Å². The summed E-state index contributed by atoms with van der Waals surface area (Å²) >= 11 is 4.64. The van der Waals surface area contributed by atoms with Gasteiger partial charge in [0.2, 0.25) is 0 Å². The smallest absolute Gasteiger partial charge is 0.182 e. The summed E-state index contributed by atoms with van der Waals surface area (Å²) in [6.07, 6.45) is 2.76. The van der Waals surface area contributed by atoms with Crippen molar-refractivity contribution in [3.05, 3.63) is 0 Å². The molecule has 10 heavy (non-hydrogen) atoms. The zero-order valence-corrected chi connectivity index (χ0v) is 6.40. The van der Waals surface area contributed by atoms with E-state index in [0.29, 0.717) is 0 Å². The predicted octanol–water partition coefficient (Wildman–Crippen LogP) is -0.531. The number of aliphatic imine (C=N–C) groups is 1. The summed E-state index contributed by atoms with van der Waals surface area (Å²) < 4.78 is 0. The summed E-state index contributed by atoms with van der Waals surface area (Å²) in [5, 5.41) is 2.07. The predicted molar refractivity (Wildman–Crippen MR) is 44.6 cm³/mol. The van der Waals surface area contributed by atoms with Crippen LogP contribution in [0.25, 0.3) is 0 Å². The standard InChI is InChI=1S/C5H10N4S/c6-5(10)8-9-3-1-2-7-4-9/h4H,1-3H2,(H3,6,8,10). The van der Waals surface area contributed by atoms with E-state index in [1.807, 2.05) is 0 Å². The highest BCUT2D eigenvalue weighted by molar-refractivity contribution is 7.80. The van der Waals surface area contributed by atoms with E-state index >= 15 is 0 Å². The third-order valence-corrected chi connectivity index (χ3v) is 1.25. The number of hydrazine groups is 1. The number of nitrogens with two attached hydrogens (primary N) is 1. The van der Waals surface area contributed by atoms with E-state index in [-0.39, 0.29) is 5.11 Å². The SMILES string of the molecule is NC(=S)NN1C=NCCC1. The Hall–Kier alpha value is -0.840. The lowest BCUT2D eigenvalue weighted by molar-refractivity contribution is 0.369. The van der Waals surface area contributed by atoms with Gasteiger partial charge in [-0.05, 0) is 18.6 Å². The summed E-state index contributed by atoms with van der Waals surface area (Å²) in [5.41, 5.74) is 8.02. The second-order valence-corrected chi connectivity index (χ2v) is 2.48. The molecule has 56 valence electrons. The van der Waals surface area contributed by atoms with Crippen LogP contribution in [0.4, 0.5) is 0 Å². The number of hydrogen-bond donors (Lipinski definition) is 2. The molecular formula is C5H10N4S. The van der Waals surface area contributed by atoms with Crippen molar-refractivity contribution in [2.24, 2.45) is 10.7 Å². The van der Waals surface area contributed by atoms with Crippen LogP contribution in [0.1, 0.15) is 6.42 Å². The van der Waals surface area contributed by atoms with Gasteiger partial charge < -0.3 is 5.73 Å². The molecule has 1 heterocycles. The highest BCUT2D eigenvalue weighted by Gasteiger charge is 2.02. The minimum atomic E-state index is 0.286. The van der Waals surface area contributed by atoms with E-state index in [9.17, 15) is 0 Å². The van der Waals surface area contributed by atoms with Crippen LogP contribution in [0.3, 0.4) is 0 Å². The minimum Gasteiger partial charge on any atom is -0.375 e. The Labute approximate surface area is 65.1 Å². The van der Waals surface area contributed by atoms with E-state index in [1.165, 1.54) is 0 Å². The lowest BCUT2D eigenvalue weighted by Crippen LogP contribution is -2.45. The van der Waals surface area contributed by atoms with Crippen molar-refractivity contribution >= 4 is 23.7 Å². The molecule has 4 nitrogen and oxygen atoms in total. The van der Waals surface area contributed by atoms with Gasteiger partial charge in [0.1, 0.15) is 6.34 Å². The van der Waals surface area contributed by atoms with Crippen LogP contribution in [0.5, 0.6) is 0 Å². The summed E-state index contributed by atoms with van der Waals surface area (Å²) in [6.45, 7) is 1.82. The summed E-state index contributed by atoms with van der Waals surface area (Å²) in [6, 6.07) is 0. The maximum absolute atomic E-state index is 5.24. The van der Waals surface area contributed by atoms with Crippen molar-refractivity contribution in [1.82, 2.24) is 10.4 Å². The van der Waals surface area contributed by atoms with Crippen LogP contribution in [0.15, 0.2) is 4.99 Å². The Morgan fingerprint density at radius 2 is 2.60 bits per heavy atom. The van der Waals surface area contributed by atoms with Crippen molar-refractivity contribution in [1.29, 1.82) is 0 Å². The fourth-order valence-corrected chi connectivity index (χ4v) is 0.890. The van der Waals surface area contributed by atoms with Gasteiger partial charge in [-0.15, -0.1) is 0 Å². The largest absolute Gasteiger partial charge is 0.375 e. The van der Waals surface area contributed by atoms with Gasteiger partial charge in [-0.3, -0.25) is 15.4 Å². The van der Waals surface area contributed by atoms with Crippen molar-refractivity contribution < 1.29 is 0 Å². The number of thiocarbonyl (C=S) groups is 1. The Morgan fingerprint density at radius 3 is 3.10 bits per heavy atom.